The van der Waals surface area contributed by atoms with Crippen molar-refractivity contribution in [3.05, 3.63) is 54.1 Å². The molecule has 2 amide bonds. The summed E-state index contributed by atoms with van der Waals surface area (Å²) in [6.45, 7) is 0.677. The predicted octanol–water partition coefficient (Wildman–Crippen LogP) is 2.63. The summed E-state index contributed by atoms with van der Waals surface area (Å²) in [4.78, 5) is 24.6. The number of carbonyl (C=O) groups is 2. The van der Waals surface area contributed by atoms with E-state index in [1.807, 2.05) is 0 Å². The Morgan fingerprint density at radius 2 is 1.56 bits per heavy atom. The van der Waals surface area contributed by atoms with E-state index in [4.69, 9.17) is 4.74 Å². The zero-order chi connectivity index (χ0) is 22.7. The zero-order valence-corrected chi connectivity index (χ0v) is 18.7. The van der Waals surface area contributed by atoms with Gasteiger partial charge in [0, 0.05) is 36.3 Å². The molecule has 4 rings (SSSR count). The van der Waals surface area contributed by atoms with Gasteiger partial charge in [0.05, 0.1) is 12.0 Å². The van der Waals surface area contributed by atoms with Crippen LogP contribution in [0.2, 0.25) is 0 Å². The summed E-state index contributed by atoms with van der Waals surface area (Å²) < 4.78 is 32.3. The minimum atomic E-state index is -3.58. The van der Waals surface area contributed by atoms with Crippen molar-refractivity contribution >= 4 is 27.5 Å². The molecule has 2 N–H and O–H groups in total. The Kier molecular flexibility index (Phi) is 6.48. The maximum Gasteiger partial charge on any atom is 0.251 e. The van der Waals surface area contributed by atoms with Gasteiger partial charge in [-0.1, -0.05) is 0 Å². The van der Waals surface area contributed by atoms with E-state index in [0.29, 0.717) is 42.9 Å². The molecular weight excluding hydrogens is 430 g/mol. The van der Waals surface area contributed by atoms with Gasteiger partial charge in [-0.05, 0) is 74.2 Å². The lowest BCUT2D eigenvalue weighted by Crippen LogP contribution is -2.46. The maximum atomic E-state index is 12.9. The fourth-order valence-electron chi connectivity index (χ4n) is 3.70. The third-order valence-corrected chi connectivity index (χ3v) is 7.76. The van der Waals surface area contributed by atoms with E-state index in [-0.39, 0.29) is 28.7 Å². The molecule has 2 aliphatic rings. The summed E-state index contributed by atoms with van der Waals surface area (Å²) >= 11 is 0. The molecule has 1 aliphatic heterocycles. The van der Waals surface area contributed by atoms with Crippen LogP contribution in [0, 0.1) is 5.92 Å². The summed E-state index contributed by atoms with van der Waals surface area (Å²) in [5.41, 5.74) is 1.18. The molecule has 170 valence electrons. The molecule has 1 saturated carbocycles. The molecule has 1 saturated heterocycles. The van der Waals surface area contributed by atoms with Crippen LogP contribution in [0.15, 0.2) is 53.4 Å². The highest BCUT2D eigenvalue weighted by molar-refractivity contribution is 7.89. The van der Waals surface area contributed by atoms with Crippen LogP contribution in [-0.2, 0) is 14.8 Å². The smallest absolute Gasteiger partial charge is 0.251 e. The molecule has 9 heteroatoms. The van der Waals surface area contributed by atoms with E-state index >= 15 is 0 Å². The number of hydrogen-bond acceptors (Lipinski definition) is 5. The first kappa shape index (κ1) is 22.3. The maximum absolute atomic E-state index is 12.9. The number of piperidine rings is 1. The summed E-state index contributed by atoms with van der Waals surface area (Å²) in [6, 6.07) is 13.0. The molecule has 1 aliphatic carbocycles. The Labute approximate surface area is 188 Å². The van der Waals surface area contributed by atoms with Crippen LogP contribution in [0.1, 0.15) is 36.0 Å². The SMILES string of the molecule is COc1ccc(S(=O)(=O)N2CCC(NC(=O)c3ccc(NC(=O)C4CC4)cc3)CC2)cc1. The van der Waals surface area contributed by atoms with Gasteiger partial charge >= 0.3 is 0 Å². The number of methoxy groups -OCH3 is 1. The molecule has 2 fully saturated rings. The van der Waals surface area contributed by atoms with Crippen molar-refractivity contribution in [1.29, 1.82) is 0 Å². The van der Waals surface area contributed by atoms with Gasteiger partial charge in [-0.2, -0.15) is 4.31 Å². The number of benzene rings is 2. The molecule has 2 aromatic rings. The van der Waals surface area contributed by atoms with Crippen molar-refractivity contribution in [1.82, 2.24) is 9.62 Å². The quantitative estimate of drug-likeness (QED) is 0.665. The second-order valence-corrected chi connectivity index (χ2v) is 10.1. The van der Waals surface area contributed by atoms with Crippen LogP contribution in [0.4, 0.5) is 5.69 Å². The number of hydrogen-bond donors (Lipinski definition) is 2. The number of amides is 2. The van der Waals surface area contributed by atoms with E-state index in [1.165, 1.54) is 11.4 Å². The van der Waals surface area contributed by atoms with E-state index in [1.54, 1.807) is 48.5 Å². The first-order valence-electron chi connectivity index (χ1n) is 10.7. The molecule has 0 radical (unpaired) electrons. The van der Waals surface area contributed by atoms with E-state index in [9.17, 15) is 18.0 Å². The van der Waals surface area contributed by atoms with Gasteiger partial charge in [-0.15, -0.1) is 0 Å². The third kappa shape index (κ3) is 5.11. The molecule has 0 atom stereocenters. The molecule has 1 heterocycles. The fourth-order valence-corrected chi connectivity index (χ4v) is 5.17. The Bertz CT molecular complexity index is 1070. The number of nitrogens with one attached hydrogen (secondary N) is 2. The van der Waals surface area contributed by atoms with E-state index in [2.05, 4.69) is 10.6 Å². The monoisotopic (exact) mass is 457 g/mol. The van der Waals surface area contributed by atoms with Gasteiger partial charge in [-0.25, -0.2) is 8.42 Å². The standard InChI is InChI=1S/C23H27N3O5S/c1-31-20-8-10-21(11-9-20)32(29,30)26-14-12-19(13-15-26)25-23(28)17-4-6-18(7-5-17)24-22(27)16-2-3-16/h4-11,16,19H,2-3,12-15H2,1H3,(H,24,27)(H,25,28). The Balaban J connectivity index is 1.29. The lowest BCUT2D eigenvalue weighted by molar-refractivity contribution is -0.117. The highest BCUT2D eigenvalue weighted by Gasteiger charge is 2.31. The van der Waals surface area contributed by atoms with E-state index < -0.39 is 10.0 Å². The highest BCUT2D eigenvalue weighted by Crippen LogP contribution is 2.30. The van der Waals surface area contributed by atoms with Gasteiger partial charge < -0.3 is 15.4 Å². The highest BCUT2D eigenvalue weighted by atomic mass is 32.2. The largest absolute Gasteiger partial charge is 0.497 e. The lowest BCUT2D eigenvalue weighted by atomic mass is 10.1. The minimum absolute atomic E-state index is 0.0264. The number of ether oxygens (including phenoxy) is 1. The van der Waals surface area contributed by atoms with Crippen LogP contribution in [-0.4, -0.2) is 50.8 Å². The van der Waals surface area contributed by atoms with Gasteiger partial charge in [0.2, 0.25) is 15.9 Å². The molecule has 0 unspecified atom stereocenters. The van der Waals surface area contributed by atoms with Crippen LogP contribution in [0.5, 0.6) is 5.75 Å². The Morgan fingerprint density at radius 3 is 2.12 bits per heavy atom. The average Bonchev–Trinajstić information content (AvgIpc) is 3.66. The number of rotatable bonds is 7. The molecule has 8 nitrogen and oxygen atoms in total. The van der Waals surface area contributed by atoms with Crippen LogP contribution in [0.25, 0.3) is 0 Å². The topological polar surface area (TPSA) is 105 Å². The molecule has 32 heavy (non-hydrogen) atoms. The Hall–Kier alpha value is -2.91. The molecule has 0 aromatic heterocycles. The fraction of sp³-hybridized carbons (Fsp3) is 0.391. The number of anilines is 1. The average molecular weight is 458 g/mol. The predicted molar refractivity (Wildman–Crippen MR) is 120 cm³/mol. The van der Waals surface area contributed by atoms with Gasteiger partial charge in [0.15, 0.2) is 0 Å². The molecule has 0 bridgehead atoms. The molecule has 0 spiro atoms. The van der Waals surface area contributed by atoms with Crippen molar-refractivity contribution in [2.75, 3.05) is 25.5 Å². The number of carbonyl (C=O) groups excluding carboxylic acids is 2. The van der Waals surface area contributed by atoms with Crippen LogP contribution >= 0.6 is 0 Å². The summed E-state index contributed by atoms with van der Waals surface area (Å²) in [5.74, 6) is 0.543. The Morgan fingerprint density at radius 1 is 0.938 bits per heavy atom. The van der Waals surface area contributed by atoms with Crippen molar-refractivity contribution in [3.63, 3.8) is 0 Å². The minimum Gasteiger partial charge on any atom is -0.497 e. The van der Waals surface area contributed by atoms with Crippen LogP contribution < -0.4 is 15.4 Å². The second kappa shape index (κ2) is 9.30. The summed E-state index contributed by atoms with van der Waals surface area (Å²) in [7, 11) is -2.05. The van der Waals surface area contributed by atoms with Gasteiger partial charge in [0.1, 0.15) is 5.75 Å². The number of nitrogens with zero attached hydrogens (tertiary/aromatic N) is 1. The summed E-state index contributed by atoms with van der Waals surface area (Å²) in [6.07, 6.45) is 2.95. The third-order valence-electron chi connectivity index (χ3n) is 5.85. The van der Waals surface area contributed by atoms with Crippen molar-refractivity contribution in [3.8, 4) is 5.75 Å². The molecular formula is C23H27N3O5S. The van der Waals surface area contributed by atoms with E-state index in [0.717, 1.165) is 12.8 Å². The van der Waals surface area contributed by atoms with Gasteiger partial charge in [-0.3, -0.25) is 9.59 Å². The normalized spacial score (nSPS) is 17.5. The van der Waals surface area contributed by atoms with Crippen LogP contribution in [0.3, 0.4) is 0 Å². The first-order valence-corrected chi connectivity index (χ1v) is 12.2. The molecule has 2 aromatic carbocycles. The van der Waals surface area contributed by atoms with Gasteiger partial charge in [0.25, 0.3) is 5.91 Å². The second-order valence-electron chi connectivity index (χ2n) is 8.17. The lowest BCUT2D eigenvalue weighted by Gasteiger charge is -2.31. The number of sulfonamides is 1. The van der Waals surface area contributed by atoms with Crippen molar-refractivity contribution < 1.29 is 22.7 Å². The first-order chi connectivity index (χ1) is 15.4. The summed E-state index contributed by atoms with van der Waals surface area (Å²) in [5, 5.41) is 5.84. The van der Waals surface area contributed by atoms with Crippen molar-refractivity contribution in [2.45, 2.75) is 36.6 Å². The zero-order valence-electron chi connectivity index (χ0n) is 17.9. The van der Waals surface area contributed by atoms with Crippen molar-refractivity contribution in [2.24, 2.45) is 5.92 Å².